The lowest BCUT2D eigenvalue weighted by Gasteiger charge is -2.13. The molecule has 1 aromatic heterocycles. The Balaban J connectivity index is 1.92. The number of nitrogens with zero attached hydrogens (tertiary/aromatic N) is 1. The molecule has 1 aromatic carbocycles. The molecule has 112 valence electrons. The van der Waals surface area contributed by atoms with E-state index in [-0.39, 0.29) is 0 Å². The Morgan fingerprint density at radius 1 is 1.24 bits per heavy atom. The van der Waals surface area contributed by atoms with Crippen LogP contribution in [0.1, 0.15) is 30.0 Å². The number of hydrogen-bond donors (Lipinski definition) is 1. The molecule has 3 heteroatoms. The van der Waals surface area contributed by atoms with Crippen molar-refractivity contribution in [1.82, 2.24) is 10.3 Å². The molecule has 1 N–H and O–H groups in total. The average Bonchev–Trinajstić information content (AvgIpc) is 2.51. The summed E-state index contributed by atoms with van der Waals surface area (Å²) in [6, 6.07) is 10.4. The summed E-state index contributed by atoms with van der Waals surface area (Å²) < 4.78 is 5.96. The first-order valence-corrected chi connectivity index (χ1v) is 7.61. The van der Waals surface area contributed by atoms with Crippen molar-refractivity contribution < 1.29 is 4.74 Å². The number of pyridine rings is 1. The van der Waals surface area contributed by atoms with Gasteiger partial charge in [-0.05, 0) is 37.6 Å². The highest BCUT2D eigenvalue weighted by Gasteiger charge is 2.04. The molecule has 0 fully saturated rings. The van der Waals surface area contributed by atoms with Crippen LogP contribution in [0.2, 0.25) is 0 Å². The van der Waals surface area contributed by atoms with Crippen LogP contribution >= 0.6 is 0 Å². The second kappa shape index (κ2) is 8.42. The Bertz CT molecular complexity index is 540. The van der Waals surface area contributed by atoms with Gasteiger partial charge >= 0.3 is 0 Å². The molecule has 0 bridgehead atoms. The fraction of sp³-hybridized carbons (Fsp3) is 0.389. The quantitative estimate of drug-likeness (QED) is 0.753. The third kappa shape index (κ3) is 5.20. The van der Waals surface area contributed by atoms with E-state index >= 15 is 0 Å². The van der Waals surface area contributed by atoms with Crippen LogP contribution in [0.15, 0.2) is 42.7 Å². The molecule has 0 atom stereocenters. The van der Waals surface area contributed by atoms with Crippen molar-refractivity contribution in [2.24, 2.45) is 0 Å². The molecule has 0 spiro atoms. The molecule has 21 heavy (non-hydrogen) atoms. The van der Waals surface area contributed by atoms with Crippen molar-refractivity contribution in [3.8, 4) is 5.75 Å². The maximum absolute atomic E-state index is 5.96. The largest absolute Gasteiger partial charge is 0.493 e. The monoisotopic (exact) mass is 284 g/mol. The van der Waals surface area contributed by atoms with Gasteiger partial charge in [0.25, 0.3) is 0 Å². The zero-order chi connectivity index (χ0) is 14.9. The van der Waals surface area contributed by atoms with Crippen molar-refractivity contribution >= 4 is 0 Å². The predicted octanol–water partition coefficient (Wildman–Crippen LogP) is 3.51. The van der Waals surface area contributed by atoms with Gasteiger partial charge in [0, 0.05) is 30.9 Å². The van der Waals surface area contributed by atoms with Crippen molar-refractivity contribution in [3.05, 3.63) is 59.4 Å². The van der Waals surface area contributed by atoms with E-state index in [1.807, 2.05) is 12.3 Å². The van der Waals surface area contributed by atoms with E-state index in [4.69, 9.17) is 4.74 Å². The highest BCUT2D eigenvalue weighted by Crippen LogP contribution is 2.20. The maximum Gasteiger partial charge on any atom is 0.123 e. The molecule has 0 aliphatic rings. The molecule has 0 aliphatic carbocycles. The summed E-state index contributed by atoms with van der Waals surface area (Å²) in [5.41, 5.74) is 3.70. The molecular weight excluding hydrogens is 260 g/mol. The third-order valence-electron chi connectivity index (χ3n) is 3.33. The van der Waals surface area contributed by atoms with E-state index in [0.29, 0.717) is 6.61 Å². The van der Waals surface area contributed by atoms with Gasteiger partial charge in [-0.1, -0.05) is 30.7 Å². The molecule has 3 nitrogen and oxygen atoms in total. The van der Waals surface area contributed by atoms with Crippen molar-refractivity contribution in [3.63, 3.8) is 0 Å². The Morgan fingerprint density at radius 3 is 2.90 bits per heavy atom. The van der Waals surface area contributed by atoms with Gasteiger partial charge in [0.15, 0.2) is 0 Å². The van der Waals surface area contributed by atoms with Crippen LogP contribution in [-0.2, 0) is 13.0 Å². The number of rotatable bonds is 8. The van der Waals surface area contributed by atoms with Gasteiger partial charge in [-0.2, -0.15) is 0 Å². The Hall–Kier alpha value is -1.87. The van der Waals surface area contributed by atoms with Crippen LogP contribution in [0.4, 0.5) is 0 Å². The first-order chi connectivity index (χ1) is 10.3. The van der Waals surface area contributed by atoms with E-state index in [9.17, 15) is 0 Å². The number of hydrogen-bond acceptors (Lipinski definition) is 3. The summed E-state index contributed by atoms with van der Waals surface area (Å²) in [5.74, 6) is 0.980. The second-order valence-corrected chi connectivity index (χ2v) is 5.25. The van der Waals surface area contributed by atoms with Gasteiger partial charge in [0.2, 0.25) is 0 Å². The van der Waals surface area contributed by atoms with Gasteiger partial charge in [-0.25, -0.2) is 0 Å². The van der Waals surface area contributed by atoms with E-state index in [1.54, 1.807) is 6.20 Å². The summed E-state index contributed by atoms with van der Waals surface area (Å²) in [4.78, 5) is 4.12. The number of aromatic nitrogens is 1. The topological polar surface area (TPSA) is 34.1 Å². The molecule has 0 unspecified atom stereocenters. The lowest BCUT2D eigenvalue weighted by atomic mass is 10.1. The Kier molecular flexibility index (Phi) is 6.22. The van der Waals surface area contributed by atoms with Gasteiger partial charge in [-0.15, -0.1) is 0 Å². The minimum Gasteiger partial charge on any atom is -0.493 e. The lowest BCUT2D eigenvalue weighted by molar-refractivity contribution is 0.317. The molecular formula is C18H24N2O. The molecule has 0 radical (unpaired) electrons. The van der Waals surface area contributed by atoms with Gasteiger partial charge < -0.3 is 10.1 Å². The summed E-state index contributed by atoms with van der Waals surface area (Å²) in [5, 5.41) is 3.44. The highest BCUT2D eigenvalue weighted by atomic mass is 16.5. The molecule has 2 aromatic rings. The summed E-state index contributed by atoms with van der Waals surface area (Å²) >= 11 is 0. The second-order valence-electron chi connectivity index (χ2n) is 5.25. The van der Waals surface area contributed by atoms with Gasteiger partial charge in [0.05, 0.1) is 6.61 Å². The summed E-state index contributed by atoms with van der Waals surface area (Å²) in [6.07, 6.45) is 5.70. The van der Waals surface area contributed by atoms with Crippen LogP contribution in [0.3, 0.4) is 0 Å². The fourth-order valence-corrected chi connectivity index (χ4v) is 2.21. The highest BCUT2D eigenvalue weighted by molar-refractivity contribution is 5.36. The number of nitrogens with one attached hydrogen (secondary N) is 1. The van der Waals surface area contributed by atoms with Crippen LogP contribution in [0.5, 0.6) is 5.75 Å². The first kappa shape index (κ1) is 15.5. The zero-order valence-corrected chi connectivity index (χ0v) is 12.9. The minimum absolute atomic E-state index is 0.676. The SMILES string of the molecule is CCCNCc1cc(C)ccc1OCCc1cccnc1. The van der Waals surface area contributed by atoms with Crippen molar-refractivity contribution in [2.45, 2.75) is 33.2 Å². The van der Waals surface area contributed by atoms with Gasteiger partial charge in [-0.3, -0.25) is 4.98 Å². The summed E-state index contributed by atoms with van der Waals surface area (Å²) in [6.45, 7) is 6.85. The zero-order valence-electron chi connectivity index (χ0n) is 12.9. The normalized spacial score (nSPS) is 10.6. The molecule has 0 saturated carbocycles. The number of benzene rings is 1. The van der Waals surface area contributed by atoms with Gasteiger partial charge in [0.1, 0.15) is 5.75 Å². The third-order valence-corrected chi connectivity index (χ3v) is 3.33. The Morgan fingerprint density at radius 2 is 2.14 bits per heavy atom. The Labute approximate surface area is 127 Å². The van der Waals surface area contributed by atoms with Crippen LogP contribution < -0.4 is 10.1 Å². The van der Waals surface area contributed by atoms with Crippen LogP contribution in [0, 0.1) is 6.92 Å². The molecule has 1 heterocycles. The predicted molar refractivity (Wildman–Crippen MR) is 86.6 cm³/mol. The molecule has 0 amide bonds. The summed E-state index contributed by atoms with van der Waals surface area (Å²) in [7, 11) is 0. The maximum atomic E-state index is 5.96. The van der Waals surface area contributed by atoms with Crippen LogP contribution in [0.25, 0.3) is 0 Å². The molecule has 2 rings (SSSR count). The first-order valence-electron chi connectivity index (χ1n) is 7.61. The number of aryl methyl sites for hydroxylation is 1. The van der Waals surface area contributed by atoms with E-state index < -0.39 is 0 Å². The molecule has 0 saturated heterocycles. The lowest BCUT2D eigenvalue weighted by Crippen LogP contribution is -2.15. The van der Waals surface area contributed by atoms with Crippen molar-refractivity contribution in [2.75, 3.05) is 13.2 Å². The average molecular weight is 284 g/mol. The smallest absolute Gasteiger partial charge is 0.123 e. The standard InChI is InChI=1S/C18H24N2O/c1-3-9-19-14-17-12-15(2)6-7-18(17)21-11-8-16-5-4-10-20-13-16/h4-7,10,12-13,19H,3,8-9,11,14H2,1-2H3. The number of ether oxygens (including phenoxy) is 1. The minimum atomic E-state index is 0.676. The van der Waals surface area contributed by atoms with E-state index in [0.717, 1.165) is 31.7 Å². The van der Waals surface area contributed by atoms with Crippen molar-refractivity contribution in [1.29, 1.82) is 0 Å². The van der Waals surface area contributed by atoms with Crippen LogP contribution in [-0.4, -0.2) is 18.1 Å². The fourth-order valence-electron chi connectivity index (χ4n) is 2.21. The van der Waals surface area contributed by atoms with E-state index in [1.165, 1.54) is 16.7 Å². The van der Waals surface area contributed by atoms with E-state index in [2.05, 4.69) is 48.4 Å². The molecule has 0 aliphatic heterocycles.